The summed E-state index contributed by atoms with van der Waals surface area (Å²) in [5, 5.41) is 0. The lowest BCUT2D eigenvalue weighted by Crippen LogP contribution is -2.36. The molecular formula is C20H24F3N3O3S. The van der Waals surface area contributed by atoms with Gasteiger partial charge < -0.3 is 9.47 Å². The van der Waals surface area contributed by atoms with Crippen LogP contribution in [0.25, 0.3) is 0 Å². The fourth-order valence-electron chi connectivity index (χ4n) is 3.77. The lowest BCUT2D eigenvalue weighted by atomic mass is 10.1. The van der Waals surface area contributed by atoms with E-state index in [1.165, 1.54) is 19.1 Å². The first-order chi connectivity index (χ1) is 13.9. The number of benzene rings is 1. The van der Waals surface area contributed by atoms with Crippen LogP contribution in [-0.2, 0) is 23.2 Å². The van der Waals surface area contributed by atoms with Crippen molar-refractivity contribution in [3.63, 3.8) is 0 Å². The highest BCUT2D eigenvalue weighted by Gasteiger charge is 2.37. The van der Waals surface area contributed by atoms with Crippen molar-refractivity contribution in [2.45, 2.75) is 44.2 Å². The smallest absolute Gasteiger partial charge is 0.350 e. The van der Waals surface area contributed by atoms with Gasteiger partial charge in [-0.05, 0) is 45.2 Å². The molecule has 0 aliphatic carbocycles. The van der Waals surface area contributed by atoms with Crippen LogP contribution in [0.1, 0.15) is 46.6 Å². The zero-order chi connectivity index (χ0) is 22.3. The van der Waals surface area contributed by atoms with Crippen molar-refractivity contribution < 1.29 is 26.4 Å². The van der Waals surface area contributed by atoms with E-state index in [1.54, 1.807) is 23.4 Å². The number of amides is 1. The van der Waals surface area contributed by atoms with Gasteiger partial charge in [0.25, 0.3) is 15.9 Å². The quantitative estimate of drug-likeness (QED) is 0.774. The van der Waals surface area contributed by atoms with Crippen LogP contribution in [0.15, 0.2) is 29.2 Å². The molecule has 1 aliphatic heterocycles. The lowest BCUT2D eigenvalue weighted by molar-refractivity contribution is -0.136. The summed E-state index contributed by atoms with van der Waals surface area (Å²) in [6, 6.07) is 4.36. The zero-order valence-electron chi connectivity index (χ0n) is 17.0. The topological polar surface area (TPSA) is 71.4 Å². The van der Waals surface area contributed by atoms with Crippen LogP contribution in [0.2, 0.25) is 0 Å². The van der Waals surface area contributed by atoms with Gasteiger partial charge in [0, 0.05) is 31.5 Å². The van der Waals surface area contributed by atoms with Gasteiger partial charge in [0.05, 0.1) is 16.8 Å². The first-order valence-electron chi connectivity index (χ1n) is 9.59. The van der Waals surface area contributed by atoms with Crippen molar-refractivity contribution in [2.75, 3.05) is 17.8 Å². The van der Waals surface area contributed by atoms with Crippen LogP contribution in [-0.4, -0.2) is 36.9 Å². The average Bonchev–Trinajstić information content (AvgIpc) is 2.92. The summed E-state index contributed by atoms with van der Waals surface area (Å²) in [4.78, 5) is 14.5. The van der Waals surface area contributed by atoms with Crippen LogP contribution in [0, 0.1) is 13.8 Å². The van der Waals surface area contributed by atoms with E-state index in [0.717, 1.165) is 31.4 Å². The third-order valence-electron chi connectivity index (χ3n) is 5.53. The number of halogens is 3. The van der Waals surface area contributed by atoms with Crippen molar-refractivity contribution >= 4 is 21.6 Å². The van der Waals surface area contributed by atoms with Crippen LogP contribution in [0.4, 0.5) is 18.9 Å². The lowest BCUT2D eigenvalue weighted by Gasteiger charge is -2.27. The van der Waals surface area contributed by atoms with Gasteiger partial charge in [-0.2, -0.15) is 13.2 Å². The largest absolute Gasteiger partial charge is 0.418 e. The summed E-state index contributed by atoms with van der Waals surface area (Å²) in [6.45, 7) is 4.21. The molecule has 10 heteroatoms. The van der Waals surface area contributed by atoms with Crippen LogP contribution in [0.5, 0.6) is 0 Å². The predicted molar refractivity (Wildman–Crippen MR) is 107 cm³/mol. The van der Waals surface area contributed by atoms with Crippen molar-refractivity contribution in [2.24, 2.45) is 7.05 Å². The molecule has 0 bridgehead atoms. The van der Waals surface area contributed by atoms with Gasteiger partial charge >= 0.3 is 6.18 Å². The van der Waals surface area contributed by atoms with E-state index >= 15 is 0 Å². The molecular weight excluding hydrogens is 419 g/mol. The Labute approximate surface area is 173 Å². The maximum atomic E-state index is 13.3. The van der Waals surface area contributed by atoms with Crippen LogP contribution in [0.3, 0.4) is 0 Å². The van der Waals surface area contributed by atoms with Gasteiger partial charge in [0.15, 0.2) is 0 Å². The number of nitrogens with one attached hydrogen (secondary N) is 1. The third kappa shape index (κ3) is 4.05. The standard InChI is InChI=1S/C20H24F3N3O3S/c1-13-17(19(27)26-11-7-4-8-12-26)18(14(2)25(13)3)30(28,29)24-16-10-6-5-9-15(16)20(21,22)23/h5-6,9-10,24H,4,7-8,11-12H2,1-3H3. The Morgan fingerprint density at radius 3 is 2.23 bits per heavy atom. The molecule has 1 saturated heterocycles. The van der Waals surface area contributed by atoms with Gasteiger partial charge in [-0.25, -0.2) is 8.42 Å². The Hall–Kier alpha value is -2.49. The normalized spacial score (nSPS) is 15.3. The molecule has 0 saturated carbocycles. The second-order valence-electron chi connectivity index (χ2n) is 7.44. The van der Waals surface area contributed by atoms with Crippen molar-refractivity contribution in [3.8, 4) is 0 Å². The summed E-state index contributed by atoms with van der Waals surface area (Å²) in [5.74, 6) is -0.416. The fourth-order valence-corrected chi connectivity index (χ4v) is 5.37. The number of piperidine rings is 1. The Morgan fingerprint density at radius 1 is 1.03 bits per heavy atom. The number of carbonyl (C=O) groups is 1. The highest BCUT2D eigenvalue weighted by molar-refractivity contribution is 7.92. The summed E-state index contributed by atoms with van der Waals surface area (Å²) in [5.41, 5.74) is -0.934. The molecule has 1 aromatic carbocycles. The van der Waals surface area contributed by atoms with E-state index < -0.39 is 33.4 Å². The summed E-state index contributed by atoms with van der Waals surface area (Å²) < 4.78 is 70.0. The van der Waals surface area contributed by atoms with E-state index in [-0.39, 0.29) is 16.2 Å². The second kappa shape index (κ2) is 7.98. The first kappa shape index (κ1) is 22.2. The Bertz CT molecular complexity index is 1070. The molecule has 30 heavy (non-hydrogen) atoms. The molecule has 0 unspecified atom stereocenters. The molecule has 1 aromatic heterocycles. The number of rotatable bonds is 4. The molecule has 0 radical (unpaired) electrons. The number of aromatic nitrogens is 1. The van der Waals surface area contributed by atoms with Gasteiger partial charge in [0.1, 0.15) is 4.90 Å². The third-order valence-corrected chi connectivity index (χ3v) is 7.05. The molecule has 1 N–H and O–H groups in total. The summed E-state index contributed by atoms with van der Waals surface area (Å²) in [7, 11) is -2.84. The molecule has 3 rings (SSSR count). The van der Waals surface area contributed by atoms with E-state index in [1.807, 2.05) is 0 Å². The van der Waals surface area contributed by atoms with Crippen molar-refractivity contribution in [1.29, 1.82) is 0 Å². The predicted octanol–water partition coefficient (Wildman–Crippen LogP) is 4.09. The highest BCUT2D eigenvalue weighted by atomic mass is 32.2. The number of nitrogens with zero attached hydrogens (tertiary/aromatic N) is 2. The molecule has 0 spiro atoms. The minimum atomic E-state index is -4.73. The minimum Gasteiger partial charge on any atom is -0.350 e. The monoisotopic (exact) mass is 443 g/mol. The number of sulfonamides is 1. The van der Waals surface area contributed by atoms with Gasteiger partial charge in [0.2, 0.25) is 0 Å². The number of carbonyl (C=O) groups excluding carboxylic acids is 1. The number of likely N-dealkylation sites (tertiary alicyclic amines) is 1. The van der Waals surface area contributed by atoms with E-state index in [0.29, 0.717) is 18.8 Å². The number of alkyl halides is 3. The van der Waals surface area contributed by atoms with Crippen LogP contribution >= 0.6 is 0 Å². The maximum absolute atomic E-state index is 13.3. The molecule has 0 atom stereocenters. The summed E-state index contributed by atoms with van der Waals surface area (Å²) >= 11 is 0. The van der Waals surface area contributed by atoms with E-state index in [2.05, 4.69) is 4.72 Å². The van der Waals surface area contributed by atoms with Crippen LogP contribution < -0.4 is 4.72 Å². The van der Waals surface area contributed by atoms with Gasteiger partial charge in [-0.3, -0.25) is 9.52 Å². The maximum Gasteiger partial charge on any atom is 0.418 e. The molecule has 164 valence electrons. The Kier molecular flexibility index (Phi) is 5.90. The molecule has 6 nitrogen and oxygen atoms in total. The fraction of sp³-hybridized carbons (Fsp3) is 0.450. The molecule has 1 fully saturated rings. The van der Waals surface area contributed by atoms with Gasteiger partial charge in [-0.15, -0.1) is 0 Å². The number of hydrogen-bond acceptors (Lipinski definition) is 3. The zero-order valence-corrected chi connectivity index (χ0v) is 17.8. The number of para-hydroxylation sites is 1. The SMILES string of the molecule is Cc1c(C(=O)N2CCCCC2)c(S(=O)(=O)Nc2ccccc2C(F)(F)F)c(C)n1C. The molecule has 2 heterocycles. The molecule has 1 amide bonds. The van der Waals surface area contributed by atoms with Crippen molar-refractivity contribution in [1.82, 2.24) is 9.47 Å². The Morgan fingerprint density at radius 2 is 1.63 bits per heavy atom. The number of anilines is 1. The summed E-state index contributed by atoms with van der Waals surface area (Å²) in [6.07, 6.45) is -2.07. The van der Waals surface area contributed by atoms with E-state index in [9.17, 15) is 26.4 Å². The van der Waals surface area contributed by atoms with Gasteiger partial charge in [-0.1, -0.05) is 12.1 Å². The second-order valence-corrected chi connectivity index (χ2v) is 9.05. The number of hydrogen-bond donors (Lipinski definition) is 1. The van der Waals surface area contributed by atoms with Crippen molar-refractivity contribution in [3.05, 3.63) is 46.8 Å². The highest BCUT2D eigenvalue weighted by Crippen LogP contribution is 2.36. The van der Waals surface area contributed by atoms with E-state index in [4.69, 9.17) is 0 Å². The average molecular weight is 443 g/mol. The molecule has 1 aliphatic rings. The molecule has 2 aromatic rings. The first-order valence-corrected chi connectivity index (χ1v) is 11.1. The minimum absolute atomic E-state index is 0.00823. The Balaban J connectivity index is 2.09.